The molecule has 19 heavy (non-hydrogen) atoms. The van der Waals surface area contributed by atoms with Gasteiger partial charge in [0.2, 0.25) is 16.0 Å². The van der Waals surface area contributed by atoms with Crippen molar-refractivity contribution in [3.63, 3.8) is 0 Å². The minimum Gasteiger partial charge on any atom is -0.378 e. The van der Waals surface area contributed by atoms with Crippen LogP contribution in [0, 0.1) is 5.82 Å². The van der Waals surface area contributed by atoms with Gasteiger partial charge in [0.05, 0.1) is 25.7 Å². The quantitative estimate of drug-likeness (QED) is 0.710. The van der Waals surface area contributed by atoms with E-state index in [1.54, 1.807) is 4.90 Å². The van der Waals surface area contributed by atoms with E-state index >= 15 is 0 Å². The van der Waals surface area contributed by atoms with Crippen molar-refractivity contribution in [2.75, 3.05) is 42.9 Å². The van der Waals surface area contributed by atoms with Crippen molar-refractivity contribution in [1.29, 1.82) is 0 Å². The fourth-order valence-electron chi connectivity index (χ4n) is 1.55. The van der Waals surface area contributed by atoms with Crippen LogP contribution >= 0.6 is 0 Å². The Hall–Kier alpha value is -1.52. The third-order valence-electron chi connectivity index (χ3n) is 2.38. The van der Waals surface area contributed by atoms with Crippen LogP contribution in [0.5, 0.6) is 0 Å². The molecule has 2 heterocycles. The van der Waals surface area contributed by atoms with Crippen LogP contribution in [0.2, 0.25) is 0 Å². The lowest BCUT2D eigenvalue weighted by molar-refractivity contribution is 0.122. The van der Waals surface area contributed by atoms with Crippen molar-refractivity contribution < 1.29 is 17.5 Å². The number of ether oxygens (including phenoxy) is 1. The summed E-state index contributed by atoms with van der Waals surface area (Å²) >= 11 is 0. The first-order valence-electron chi connectivity index (χ1n) is 5.54. The molecule has 8 nitrogen and oxygen atoms in total. The maximum atomic E-state index is 13.7. The molecule has 0 spiro atoms. The lowest BCUT2D eigenvalue weighted by Crippen LogP contribution is -2.37. The Morgan fingerprint density at radius 3 is 2.74 bits per heavy atom. The van der Waals surface area contributed by atoms with E-state index in [0.717, 1.165) is 12.5 Å². The van der Waals surface area contributed by atoms with Crippen molar-refractivity contribution in [2.45, 2.75) is 0 Å². The molecule has 2 rings (SSSR count). The molecule has 2 N–H and O–H groups in total. The van der Waals surface area contributed by atoms with Crippen molar-refractivity contribution >= 4 is 21.8 Å². The van der Waals surface area contributed by atoms with Crippen LogP contribution in [0.25, 0.3) is 0 Å². The Morgan fingerprint density at radius 1 is 1.42 bits per heavy atom. The summed E-state index contributed by atoms with van der Waals surface area (Å²) in [6.45, 7) is 2.03. The molecule has 1 aromatic heterocycles. The summed E-state index contributed by atoms with van der Waals surface area (Å²) in [7, 11) is -3.44. The van der Waals surface area contributed by atoms with Gasteiger partial charge in [0, 0.05) is 13.1 Å². The summed E-state index contributed by atoms with van der Waals surface area (Å²) in [5.74, 6) is -0.462. The molecule has 1 saturated heterocycles. The monoisotopic (exact) mass is 291 g/mol. The van der Waals surface area contributed by atoms with Crippen molar-refractivity contribution in [1.82, 2.24) is 14.8 Å². The summed E-state index contributed by atoms with van der Waals surface area (Å²) < 4.78 is 40.7. The van der Waals surface area contributed by atoms with Crippen molar-refractivity contribution in [3.05, 3.63) is 12.0 Å². The van der Waals surface area contributed by atoms with Crippen LogP contribution in [0.15, 0.2) is 6.20 Å². The number of hydrogen-bond acceptors (Lipinski definition) is 7. The summed E-state index contributed by atoms with van der Waals surface area (Å²) in [6, 6.07) is 0. The summed E-state index contributed by atoms with van der Waals surface area (Å²) in [6.07, 6.45) is 1.97. The first kappa shape index (κ1) is 13.9. The highest BCUT2D eigenvalue weighted by atomic mass is 32.2. The van der Waals surface area contributed by atoms with Gasteiger partial charge in [0.1, 0.15) is 0 Å². The average molecular weight is 291 g/mol. The standard InChI is InChI=1S/C9H14FN5O3S/c1-19(16,17)14-13-9-11-6-7(10)8(12-9)15-2-4-18-5-3-15/h6,14H,2-5H2,1H3,(H,11,12,13). The largest absolute Gasteiger partial charge is 0.378 e. The van der Waals surface area contributed by atoms with Crippen molar-refractivity contribution in [3.8, 4) is 0 Å². The Labute approximate surface area is 110 Å². The number of halogens is 1. The van der Waals surface area contributed by atoms with Crippen LogP contribution in [0.4, 0.5) is 16.2 Å². The molecule has 10 heteroatoms. The molecule has 0 bridgehead atoms. The number of hydrogen-bond donors (Lipinski definition) is 2. The Kier molecular flexibility index (Phi) is 4.12. The lowest BCUT2D eigenvalue weighted by Gasteiger charge is -2.28. The number of aromatic nitrogens is 2. The second-order valence-electron chi connectivity index (χ2n) is 3.96. The maximum absolute atomic E-state index is 13.7. The molecular weight excluding hydrogens is 277 g/mol. The van der Waals surface area contributed by atoms with Crippen LogP contribution < -0.4 is 15.2 Å². The number of sulfonamides is 1. The van der Waals surface area contributed by atoms with Gasteiger partial charge in [-0.05, 0) is 0 Å². The minimum atomic E-state index is -3.44. The van der Waals surface area contributed by atoms with E-state index in [9.17, 15) is 12.8 Å². The molecule has 0 saturated carbocycles. The predicted octanol–water partition coefficient (Wildman–Crippen LogP) is -0.672. The molecule has 1 fully saturated rings. The SMILES string of the molecule is CS(=O)(=O)NNc1ncc(F)c(N2CCOCC2)n1. The van der Waals surface area contributed by atoms with Gasteiger partial charge in [-0.15, -0.1) is 4.83 Å². The van der Waals surface area contributed by atoms with Crippen LogP contribution in [0.3, 0.4) is 0 Å². The summed E-state index contributed by atoms with van der Waals surface area (Å²) in [4.78, 5) is 11.3. The molecule has 0 aliphatic carbocycles. The second kappa shape index (κ2) is 5.63. The third kappa shape index (κ3) is 3.98. The van der Waals surface area contributed by atoms with E-state index in [1.165, 1.54) is 0 Å². The van der Waals surface area contributed by atoms with E-state index in [1.807, 2.05) is 4.83 Å². The lowest BCUT2D eigenvalue weighted by atomic mass is 10.4. The van der Waals surface area contributed by atoms with E-state index < -0.39 is 15.8 Å². The van der Waals surface area contributed by atoms with E-state index in [0.29, 0.717) is 26.3 Å². The zero-order valence-electron chi connectivity index (χ0n) is 10.3. The number of nitrogens with zero attached hydrogens (tertiary/aromatic N) is 3. The molecular formula is C9H14FN5O3S. The Bertz CT molecular complexity index is 547. The smallest absolute Gasteiger partial charge is 0.240 e. The highest BCUT2D eigenvalue weighted by Gasteiger charge is 2.18. The Balaban J connectivity index is 2.14. The minimum absolute atomic E-state index is 0.0201. The van der Waals surface area contributed by atoms with Gasteiger partial charge < -0.3 is 9.64 Å². The Morgan fingerprint density at radius 2 is 2.11 bits per heavy atom. The predicted molar refractivity (Wildman–Crippen MR) is 66.6 cm³/mol. The van der Waals surface area contributed by atoms with E-state index in [4.69, 9.17) is 4.74 Å². The van der Waals surface area contributed by atoms with Gasteiger partial charge in [-0.1, -0.05) is 0 Å². The van der Waals surface area contributed by atoms with Crippen LogP contribution in [-0.4, -0.2) is 50.9 Å². The molecule has 0 aromatic carbocycles. The molecule has 0 unspecified atom stereocenters. The highest BCUT2D eigenvalue weighted by Crippen LogP contribution is 2.18. The zero-order chi connectivity index (χ0) is 13.9. The number of anilines is 2. The van der Waals surface area contributed by atoms with Gasteiger partial charge >= 0.3 is 0 Å². The van der Waals surface area contributed by atoms with E-state index in [-0.39, 0.29) is 11.8 Å². The van der Waals surface area contributed by atoms with Gasteiger partial charge in [-0.3, -0.25) is 5.43 Å². The number of nitrogens with one attached hydrogen (secondary N) is 2. The normalized spacial score (nSPS) is 16.4. The topological polar surface area (TPSA) is 96.5 Å². The molecule has 1 aliphatic rings. The maximum Gasteiger partial charge on any atom is 0.240 e. The molecule has 0 atom stereocenters. The molecule has 1 aliphatic heterocycles. The molecule has 1 aromatic rings. The van der Waals surface area contributed by atoms with Crippen molar-refractivity contribution in [2.24, 2.45) is 0 Å². The zero-order valence-corrected chi connectivity index (χ0v) is 11.1. The van der Waals surface area contributed by atoms with Gasteiger partial charge in [0.15, 0.2) is 11.6 Å². The van der Waals surface area contributed by atoms with Crippen LogP contribution in [-0.2, 0) is 14.8 Å². The number of hydrazine groups is 1. The number of rotatable bonds is 4. The fourth-order valence-corrected chi connectivity index (χ4v) is 1.83. The molecule has 0 amide bonds. The first-order chi connectivity index (χ1) is 8.96. The third-order valence-corrected chi connectivity index (χ3v) is 2.86. The average Bonchev–Trinajstić information content (AvgIpc) is 2.38. The first-order valence-corrected chi connectivity index (χ1v) is 7.43. The second-order valence-corrected chi connectivity index (χ2v) is 5.71. The molecule has 106 valence electrons. The fraction of sp³-hybridized carbons (Fsp3) is 0.556. The van der Waals surface area contributed by atoms with Gasteiger partial charge in [-0.25, -0.2) is 17.8 Å². The summed E-state index contributed by atoms with van der Waals surface area (Å²) in [5.41, 5.74) is 2.31. The number of morpholine rings is 1. The molecule has 0 radical (unpaired) electrons. The summed E-state index contributed by atoms with van der Waals surface area (Å²) in [5, 5.41) is 0. The van der Waals surface area contributed by atoms with E-state index in [2.05, 4.69) is 15.4 Å². The van der Waals surface area contributed by atoms with Gasteiger partial charge in [0.25, 0.3) is 0 Å². The van der Waals surface area contributed by atoms with Crippen LogP contribution in [0.1, 0.15) is 0 Å². The highest BCUT2D eigenvalue weighted by molar-refractivity contribution is 7.88. The van der Waals surface area contributed by atoms with Gasteiger partial charge in [-0.2, -0.15) is 4.98 Å².